The Morgan fingerprint density at radius 3 is 0.806 bits per heavy atom. The molecule has 3 aliphatic heterocycles. The standard InChI is InChI=1S/C30F12N6.C19H7N11.C12F4N4/c1-47-29(16-25(39)19(33)10(6-46)20(34)26(16)40)15-11(7(3-43)13-21(35)17(31)9(5-45)18(32)22(13)36)12(15)8(4-44)14-23(37)27(41)30(48-2)28(42)24(14)38;1-2-8-9(3-20)26-15-14(25-8)16-18(29-11(5-22)10(4-21)27-16)19-17(15)28-12(6-23)13(7-24)30-19;1-19-5(3-17)7-9(13)11(15)8(6(4-18)20-2)12(16)10(7)14/h;1,14-19H;. The van der Waals surface area contributed by atoms with E-state index in [1.165, 1.54) is 0 Å². The van der Waals surface area contributed by atoms with Gasteiger partial charge in [-0.2, -0.15) is 47.4 Å². The van der Waals surface area contributed by atoms with Crippen molar-refractivity contribution in [2.24, 2.45) is 30.0 Å². The lowest BCUT2D eigenvalue weighted by Gasteiger charge is -2.46. The number of nitriles is 11. The van der Waals surface area contributed by atoms with Crippen LogP contribution in [0.2, 0.25) is 0 Å². The fourth-order valence-electron chi connectivity index (χ4n) is 9.69. The van der Waals surface area contributed by atoms with Crippen LogP contribution in [0.5, 0.6) is 0 Å². The van der Waals surface area contributed by atoms with Gasteiger partial charge in [-0.15, -0.1) is 6.42 Å². The number of hydrogen-bond acceptors (Lipinski definition) is 17. The first-order chi connectivity index (χ1) is 46.6. The van der Waals surface area contributed by atoms with Crippen LogP contribution >= 0.6 is 0 Å². The lowest BCUT2D eigenvalue weighted by atomic mass is 9.74. The van der Waals surface area contributed by atoms with Gasteiger partial charge in [0.05, 0.1) is 76.7 Å². The Labute approximate surface area is 533 Å². The molecular weight excluding hydrogens is 1330 g/mol. The van der Waals surface area contributed by atoms with E-state index in [0.29, 0.717) is 0 Å². The molecule has 0 spiro atoms. The largest absolute Gasteiger partial charge is 0.275 e. The lowest BCUT2D eigenvalue weighted by Crippen LogP contribution is -2.64. The molecule has 4 aromatic carbocycles. The molecule has 0 radical (unpaired) electrons. The van der Waals surface area contributed by atoms with E-state index in [2.05, 4.69) is 55.3 Å². The summed E-state index contributed by atoms with van der Waals surface area (Å²) in [7, 11) is 0. The molecule has 21 nitrogen and oxygen atoms in total. The highest BCUT2D eigenvalue weighted by Gasteiger charge is 2.56. The predicted molar refractivity (Wildman–Crippen MR) is 294 cm³/mol. The number of fused-ring (bicyclic) bond motifs is 6. The lowest BCUT2D eigenvalue weighted by molar-refractivity contribution is 0.243. The van der Waals surface area contributed by atoms with Gasteiger partial charge in [-0.1, -0.05) is 0 Å². The summed E-state index contributed by atoms with van der Waals surface area (Å²) in [6.45, 7) is 27.2. The second-order valence-electron chi connectivity index (χ2n) is 18.5. The van der Waals surface area contributed by atoms with Gasteiger partial charge < -0.3 is 0 Å². The van der Waals surface area contributed by atoms with Gasteiger partial charge in [0, 0.05) is 0 Å². The molecule has 6 unspecified atom stereocenters. The summed E-state index contributed by atoms with van der Waals surface area (Å²) in [5.41, 5.74) is -24.4. The highest BCUT2D eigenvalue weighted by atomic mass is 19.2. The molecule has 0 amide bonds. The van der Waals surface area contributed by atoms with Crippen molar-refractivity contribution in [1.29, 1.82) is 57.9 Å². The summed E-state index contributed by atoms with van der Waals surface area (Å²) < 4.78 is 232. The fourth-order valence-corrected chi connectivity index (χ4v) is 9.69. The van der Waals surface area contributed by atoms with Gasteiger partial charge in [0.15, 0.2) is 122 Å². The molecule has 0 saturated heterocycles. The maximum atomic E-state index is 15.0. The molecule has 2 saturated carbocycles. The number of terminal acetylenes is 1. The molecule has 3 heterocycles. The number of hydrogen-bond donors (Lipinski definition) is 0. The summed E-state index contributed by atoms with van der Waals surface area (Å²) in [6.07, 6.45) is 5.47. The number of halogens is 16. The Morgan fingerprint density at radius 2 is 0.582 bits per heavy atom. The molecule has 468 valence electrons. The van der Waals surface area contributed by atoms with Crippen LogP contribution < -0.4 is 10.4 Å². The maximum Gasteiger partial charge on any atom is 0.275 e. The van der Waals surface area contributed by atoms with Crippen LogP contribution in [0.15, 0.2) is 46.7 Å². The number of nitrogens with zero attached hydrogens (tertiary/aromatic N) is 21. The third kappa shape index (κ3) is 11.1. The zero-order valence-electron chi connectivity index (χ0n) is 46.5. The van der Waals surface area contributed by atoms with Crippen LogP contribution in [0.4, 0.5) is 75.9 Å². The third-order valence-electron chi connectivity index (χ3n) is 13.9. The molecule has 9 rings (SSSR count). The van der Waals surface area contributed by atoms with Gasteiger partial charge in [-0.05, 0) is 22.6 Å². The maximum absolute atomic E-state index is 15.0. The summed E-state index contributed by atoms with van der Waals surface area (Å²) in [5.74, 6) is -35.4. The Hall–Kier alpha value is -15.4. The van der Waals surface area contributed by atoms with E-state index >= 15 is 26.3 Å². The highest BCUT2D eigenvalue weighted by molar-refractivity contribution is 6.55. The fraction of sp³-hybridized carbons (Fsp3) is 0.0984. The summed E-state index contributed by atoms with van der Waals surface area (Å²) >= 11 is 0. The predicted octanol–water partition coefficient (Wildman–Crippen LogP) is 8.74. The average Bonchev–Trinajstić information content (AvgIpc) is 1.54. The molecule has 0 bridgehead atoms. The van der Waals surface area contributed by atoms with Crippen molar-refractivity contribution in [2.45, 2.75) is 36.3 Å². The smallest absolute Gasteiger partial charge is 0.265 e. The van der Waals surface area contributed by atoms with Gasteiger partial charge in [0.25, 0.3) is 17.1 Å². The molecule has 2 fully saturated rings. The van der Waals surface area contributed by atoms with Gasteiger partial charge in [0.1, 0.15) is 108 Å². The van der Waals surface area contributed by atoms with Crippen molar-refractivity contribution in [2.75, 3.05) is 0 Å². The van der Waals surface area contributed by atoms with E-state index in [4.69, 9.17) is 53.8 Å². The monoisotopic (exact) mass is 1340 g/mol. The van der Waals surface area contributed by atoms with Crippen LogP contribution in [0.3, 0.4) is 0 Å². The van der Waals surface area contributed by atoms with Crippen molar-refractivity contribution < 1.29 is 70.2 Å². The number of rotatable bonds is 3. The topological polar surface area (TPSA) is 353 Å². The van der Waals surface area contributed by atoms with Crippen LogP contribution in [0, 0.1) is 256 Å². The first kappa shape index (κ1) is 70.1. The molecule has 5 aliphatic rings. The van der Waals surface area contributed by atoms with Crippen molar-refractivity contribution in [1.82, 2.24) is 0 Å². The second-order valence-corrected chi connectivity index (χ2v) is 18.5. The van der Waals surface area contributed by atoms with Crippen LogP contribution in [0.1, 0.15) is 27.8 Å². The summed E-state index contributed by atoms with van der Waals surface area (Å²) in [4.78, 5) is 36.1. The van der Waals surface area contributed by atoms with E-state index in [-0.39, 0.29) is 34.3 Å². The van der Waals surface area contributed by atoms with E-state index in [9.17, 15) is 80.7 Å². The molecule has 98 heavy (non-hydrogen) atoms. The molecule has 6 atom stereocenters. The molecule has 0 aromatic heterocycles. The van der Waals surface area contributed by atoms with Crippen molar-refractivity contribution in [3.8, 4) is 79.1 Å². The van der Waals surface area contributed by atoms with Crippen LogP contribution in [-0.4, -0.2) is 70.5 Å². The molecule has 37 heteroatoms. The minimum atomic E-state index is -2.52. The second kappa shape index (κ2) is 27.6. The van der Waals surface area contributed by atoms with Gasteiger partial charge in [-0.3, -0.25) is 30.0 Å². The quantitative estimate of drug-likeness (QED) is 0.0613. The van der Waals surface area contributed by atoms with Crippen molar-refractivity contribution >= 4 is 68.2 Å². The minimum absolute atomic E-state index is 0.0428. The van der Waals surface area contributed by atoms with Crippen molar-refractivity contribution in [3.63, 3.8) is 0 Å². The Balaban J connectivity index is 0.000000229. The van der Waals surface area contributed by atoms with Gasteiger partial charge in [-0.25, -0.2) is 100 Å². The Kier molecular flexibility index (Phi) is 19.8. The zero-order chi connectivity index (χ0) is 73.0. The van der Waals surface area contributed by atoms with E-state index in [1.54, 1.807) is 0 Å². The minimum Gasteiger partial charge on any atom is -0.265 e. The van der Waals surface area contributed by atoms with E-state index < -0.39 is 218 Å². The first-order valence-corrected chi connectivity index (χ1v) is 25.0. The molecule has 0 N–H and O–H groups in total. The van der Waals surface area contributed by atoms with Gasteiger partial charge >= 0.3 is 0 Å². The molecular formula is C61H7F16N21. The van der Waals surface area contributed by atoms with Crippen LogP contribution in [-0.2, 0) is 0 Å². The first-order valence-electron chi connectivity index (χ1n) is 25.0. The number of aliphatic imine (C=N–C) groups is 6. The molecule has 2 aliphatic carbocycles. The van der Waals surface area contributed by atoms with Crippen molar-refractivity contribution in [3.05, 3.63) is 194 Å². The Morgan fingerprint density at radius 1 is 0.316 bits per heavy atom. The highest BCUT2D eigenvalue weighted by Crippen LogP contribution is 2.58. The number of allylic oxidation sites excluding steroid dienone is 5. The zero-order valence-corrected chi connectivity index (χ0v) is 46.5. The van der Waals surface area contributed by atoms with E-state index in [0.717, 1.165) is 36.4 Å². The average molecular weight is 1340 g/mol. The molecule has 4 aromatic rings. The SMILES string of the molecule is C#CC1=NC2C(N=C1C#N)C1N=C(C#N)C(C#N)=NC1C1N=C(C#N)C(C#N)=NC21.[C-]#[N+]C(=C1C(=C(C#N)c2c(F)c(F)c(C#N)c(F)c2F)C1=C(C#N)c1c(F)c(F)c([N+]#[C-])c(F)c1F)c1c(F)c(F)c(C#N)c(F)c1F.[C-]#[N+]C(C#N)=c1c(F)c(F)c(=C(C#N)[N+]#[C-])c(F)c1F. The van der Waals surface area contributed by atoms with Crippen LogP contribution in [0.25, 0.3) is 47.6 Å². The Bertz CT molecular complexity index is 4890. The summed E-state index contributed by atoms with van der Waals surface area (Å²) in [6, 6.07) is 10.4. The number of benzene rings is 4. The third-order valence-corrected chi connectivity index (χ3v) is 13.9. The van der Waals surface area contributed by atoms with Gasteiger partial charge in [0.2, 0.25) is 5.70 Å². The summed E-state index contributed by atoms with van der Waals surface area (Å²) in [5, 5.41) is 98.2. The normalized spacial score (nSPS) is 19.2. The van der Waals surface area contributed by atoms with E-state index in [1.807, 2.05) is 30.3 Å².